The van der Waals surface area contributed by atoms with E-state index in [1.165, 1.54) is 0 Å². The molecule has 0 saturated carbocycles. The maximum absolute atomic E-state index is 12.2. The SMILES string of the molecule is CCOc1ccc(/C=C(/C#N)C(=O)C(C)(C)C)cc1OC. The summed E-state index contributed by atoms with van der Waals surface area (Å²) in [6, 6.07) is 7.28. The van der Waals surface area contributed by atoms with Gasteiger partial charge in [-0.05, 0) is 30.7 Å². The van der Waals surface area contributed by atoms with Crippen LogP contribution in [0.4, 0.5) is 0 Å². The number of allylic oxidation sites excluding steroid dienone is 1. The number of carbonyl (C=O) groups excluding carboxylic acids is 1. The minimum absolute atomic E-state index is 0.133. The molecule has 1 rings (SSSR count). The number of ether oxygens (including phenoxy) is 2. The van der Waals surface area contributed by atoms with E-state index in [-0.39, 0.29) is 11.4 Å². The predicted molar refractivity (Wildman–Crippen MR) is 82.2 cm³/mol. The highest BCUT2D eigenvalue weighted by molar-refractivity contribution is 6.06. The Morgan fingerprint density at radius 2 is 2.00 bits per heavy atom. The van der Waals surface area contributed by atoms with Gasteiger partial charge in [0.1, 0.15) is 6.07 Å². The van der Waals surface area contributed by atoms with Gasteiger partial charge in [-0.15, -0.1) is 0 Å². The van der Waals surface area contributed by atoms with Crippen molar-refractivity contribution in [2.45, 2.75) is 27.7 Å². The average molecular weight is 287 g/mol. The third-order valence-corrected chi connectivity index (χ3v) is 2.84. The number of ketones is 1. The van der Waals surface area contributed by atoms with Crippen LogP contribution in [0.2, 0.25) is 0 Å². The minimum atomic E-state index is -0.586. The van der Waals surface area contributed by atoms with Gasteiger partial charge < -0.3 is 9.47 Å². The lowest BCUT2D eigenvalue weighted by molar-refractivity contribution is -0.121. The Morgan fingerprint density at radius 3 is 2.48 bits per heavy atom. The Morgan fingerprint density at radius 1 is 1.33 bits per heavy atom. The molecule has 21 heavy (non-hydrogen) atoms. The molecule has 0 spiro atoms. The fourth-order valence-corrected chi connectivity index (χ4v) is 1.77. The van der Waals surface area contributed by atoms with E-state index in [0.717, 1.165) is 5.56 Å². The zero-order valence-electron chi connectivity index (χ0n) is 13.2. The van der Waals surface area contributed by atoms with Gasteiger partial charge in [-0.3, -0.25) is 4.79 Å². The highest BCUT2D eigenvalue weighted by Gasteiger charge is 2.25. The topological polar surface area (TPSA) is 59.3 Å². The van der Waals surface area contributed by atoms with Gasteiger partial charge in [-0.1, -0.05) is 26.8 Å². The van der Waals surface area contributed by atoms with Crippen LogP contribution in [0.1, 0.15) is 33.3 Å². The summed E-state index contributed by atoms with van der Waals surface area (Å²) in [5, 5.41) is 9.19. The maximum Gasteiger partial charge on any atom is 0.178 e. The molecule has 0 aliphatic heterocycles. The zero-order valence-corrected chi connectivity index (χ0v) is 13.2. The summed E-state index contributed by atoms with van der Waals surface area (Å²) in [5.74, 6) is 1.03. The summed E-state index contributed by atoms with van der Waals surface area (Å²) in [7, 11) is 1.55. The fourth-order valence-electron chi connectivity index (χ4n) is 1.77. The Kier molecular flexibility index (Phi) is 5.54. The van der Waals surface area contributed by atoms with Crippen molar-refractivity contribution in [3.63, 3.8) is 0 Å². The summed E-state index contributed by atoms with van der Waals surface area (Å²) in [6.07, 6.45) is 1.58. The largest absolute Gasteiger partial charge is 0.493 e. The number of methoxy groups -OCH3 is 1. The van der Waals surface area contributed by atoms with E-state index in [1.54, 1.807) is 52.2 Å². The molecule has 0 unspecified atom stereocenters. The first-order chi connectivity index (χ1) is 9.83. The smallest absolute Gasteiger partial charge is 0.178 e. The summed E-state index contributed by atoms with van der Waals surface area (Å²) >= 11 is 0. The molecule has 0 aliphatic rings. The number of carbonyl (C=O) groups is 1. The molecule has 0 heterocycles. The van der Waals surface area contributed by atoms with E-state index in [0.29, 0.717) is 18.1 Å². The molecule has 4 nitrogen and oxygen atoms in total. The van der Waals surface area contributed by atoms with E-state index >= 15 is 0 Å². The molecule has 0 bridgehead atoms. The molecule has 0 fully saturated rings. The summed E-state index contributed by atoms with van der Waals surface area (Å²) in [4.78, 5) is 12.2. The van der Waals surface area contributed by atoms with Crippen LogP contribution >= 0.6 is 0 Å². The normalized spacial score (nSPS) is 11.7. The second kappa shape index (κ2) is 6.94. The standard InChI is InChI=1S/C17H21NO3/c1-6-21-14-8-7-12(10-15(14)20-5)9-13(11-18)16(19)17(2,3)4/h7-10H,6H2,1-5H3/b13-9-. The van der Waals surface area contributed by atoms with Crippen LogP contribution in [0.15, 0.2) is 23.8 Å². The van der Waals surface area contributed by atoms with Crippen molar-refractivity contribution in [1.82, 2.24) is 0 Å². The van der Waals surface area contributed by atoms with Crippen LogP contribution < -0.4 is 9.47 Å². The molecule has 1 aromatic carbocycles. The Bertz CT molecular complexity index is 589. The van der Waals surface area contributed by atoms with Crippen molar-refractivity contribution in [2.24, 2.45) is 5.41 Å². The van der Waals surface area contributed by atoms with Crippen molar-refractivity contribution in [2.75, 3.05) is 13.7 Å². The van der Waals surface area contributed by atoms with Crippen molar-refractivity contribution < 1.29 is 14.3 Å². The monoisotopic (exact) mass is 287 g/mol. The van der Waals surface area contributed by atoms with E-state index in [4.69, 9.17) is 9.47 Å². The van der Waals surface area contributed by atoms with Crippen molar-refractivity contribution in [3.05, 3.63) is 29.3 Å². The van der Waals surface area contributed by atoms with Gasteiger partial charge in [-0.25, -0.2) is 0 Å². The lowest BCUT2D eigenvalue weighted by Gasteiger charge is -2.15. The quantitative estimate of drug-likeness (QED) is 0.613. The van der Waals surface area contributed by atoms with Crippen LogP contribution in [0.25, 0.3) is 6.08 Å². The number of Topliss-reactive ketones (excluding diaryl/α,β-unsaturated/α-hetero) is 1. The molecule has 112 valence electrons. The summed E-state index contributed by atoms with van der Waals surface area (Å²) in [5.41, 5.74) is 0.273. The third kappa shape index (κ3) is 4.35. The van der Waals surface area contributed by atoms with Gasteiger partial charge in [0, 0.05) is 5.41 Å². The Hall–Kier alpha value is -2.28. The first-order valence-electron chi connectivity index (χ1n) is 6.81. The number of nitrogens with zero attached hydrogens (tertiary/aromatic N) is 1. The van der Waals surface area contributed by atoms with E-state index in [2.05, 4.69) is 0 Å². The van der Waals surface area contributed by atoms with Gasteiger partial charge in [-0.2, -0.15) is 5.26 Å². The highest BCUT2D eigenvalue weighted by Crippen LogP contribution is 2.29. The van der Waals surface area contributed by atoms with E-state index < -0.39 is 5.41 Å². The minimum Gasteiger partial charge on any atom is -0.493 e. The number of benzene rings is 1. The van der Waals surface area contributed by atoms with Crippen LogP contribution in [-0.2, 0) is 4.79 Å². The van der Waals surface area contributed by atoms with Gasteiger partial charge in [0.15, 0.2) is 17.3 Å². The number of nitriles is 1. The maximum atomic E-state index is 12.2. The molecule has 4 heteroatoms. The van der Waals surface area contributed by atoms with Gasteiger partial charge in [0.25, 0.3) is 0 Å². The van der Waals surface area contributed by atoms with Crippen molar-refractivity contribution in [3.8, 4) is 17.6 Å². The van der Waals surface area contributed by atoms with Crippen LogP contribution in [-0.4, -0.2) is 19.5 Å². The van der Waals surface area contributed by atoms with Crippen molar-refractivity contribution >= 4 is 11.9 Å². The Labute approximate surface area is 126 Å². The zero-order chi connectivity index (χ0) is 16.0. The molecule has 0 aromatic heterocycles. The first kappa shape index (κ1) is 16.8. The predicted octanol–water partition coefficient (Wildman–Crippen LogP) is 3.62. The molecular formula is C17H21NO3. The summed E-state index contributed by atoms with van der Waals surface area (Å²) in [6.45, 7) is 7.80. The van der Waals surface area contributed by atoms with Crippen LogP contribution in [0.5, 0.6) is 11.5 Å². The molecular weight excluding hydrogens is 266 g/mol. The van der Waals surface area contributed by atoms with Crippen molar-refractivity contribution in [1.29, 1.82) is 5.26 Å². The lowest BCUT2D eigenvalue weighted by Crippen LogP contribution is -2.21. The second-order valence-corrected chi connectivity index (χ2v) is 5.59. The molecule has 0 saturated heterocycles. The van der Waals surface area contributed by atoms with Gasteiger partial charge >= 0.3 is 0 Å². The average Bonchev–Trinajstić information content (AvgIpc) is 2.44. The molecule has 0 atom stereocenters. The highest BCUT2D eigenvalue weighted by atomic mass is 16.5. The molecule has 0 aliphatic carbocycles. The molecule has 0 radical (unpaired) electrons. The molecule has 0 amide bonds. The summed E-state index contributed by atoms with van der Waals surface area (Å²) < 4.78 is 10.7. The van der Waals surface area contributed by atoms with Crippen LogP contribution in [0.3, 0.4) is 0 Å². The second-order valence-electron chi connectivity index (χ2n) is 5.59. The Balaban J connectivity index is 3.19. The number of hydrogen-bond acceptors (Lipinski definition) is 4. The van der Waals surface area contributed by atoms with E-state index in [9.17, 15) is 10.1 Å². The molecule has 0 N–H and O–H groups in total. The van der Waals surface area contributed by atoms with Gasteiger partial charge in [0.05, 0.1) is 19.3 Å². The van der Waals surface area contributed by atoms with Crippen LogP contribution in [0, 0.1) is 16.7 Å². The van der Waals surface area contributed by atoms with Gasteiger partial charge in [0.2, 0.25) is 0 Å². The van der Waals surface area contributed by atoms with E-state index in [1.807, 2.05) is 13.0 Å². The number of rotatable bonds is 5. The third-order valence-electron chi connectivity index (χ3n) is 2.84. The number of hydrogen-bond donors (Lipinski definition) is 0. The fraction of sp³-hybridized carbons (Fsp3) is 0.412. The lowest BCUT2D eigenvalue weighted by atomic mass is 9.86. The first-order valence-corrected chi connectivity index (χ1v) is 6.81. The molecule has 1 aromatic rings.